The highest BCUT2D eigenvalue weighted by atomic mass is 16.2. The number of anilines is 2. The van der Waals surface area contributed by atoms with E-state index in [0.717, 1.165) is 0 Å². The molecule has 0 bridgehead atoms. The third kappa shape index (κ3) is 2.34. The van der Waals surface area contributed by atoms with Gasteiger partial charge in [0.25, 0.3) is 11.7 Å². The number of benzene rings is 1. The Morgan fingerprint density at radius 1 is 1.05 bits per heavy atom. The summed E-state index contributed by atoms with van der Waals surface area (Å²) in [7, 11) is 0. The second-order valence-electron chi connectivity index (χ2n) is 3.77. The number of hydrogen-bond donors (Lipinski definition) is 3. The zero-order valence-electron chi connectivity index (χ0n) is 9.83. The van der Waals surface area contributed by atoms with E-state index in [1.165, 1.54) is 12.3 Å². The van der Waals surface area contributed by atoms with Gasteiger partial charge in [-0.3, -0.25) is 9.59 Å². The van der Waals surface area contributed by atoms with E-state index < -0.39 is 11.7 Å². The highest BCUT2D eigenvalue weighted by molar-refractivity contribution is 6.43. The molecule has 2 aromatic rings. The molecule has 1 heterocycles. The van der Waals surface area contributed by atoms with E-state index >= 15 is 0 Å². The van der Waals surface area contributed by atoms with Gasteiger partial charge in [-0.15, -0.1) is 0 Å². The average molecular weight is 257 g/mol. The molecule has 1 amide bonds. The fourth-order valence-corrected chi connectivity index (χ4v) is 1.67. The van der Waals surface area contributed by atoms with Gasteiger partial charge < -0.3 is 17.2 Å². The SMILES string of the molecule is NC(=O)C(=O)c1ccccc1-c1cnc(N)nc1N. The lowest BCUT2D eigenvalue weighted by Crippen LogP contribution is -2.23. The first-order valence-corrected chi connectivity index (χ1v) is 5.32. The molecule has 1 aromatic heterocycles. The van der Waals surface area contributed by atoms with Crippen LogP contribution in [0.15, 0.2) is 30.5 Å². The van der Waals surface area contributed by atoms with Gasteiger partial charge in [0.1, 0.15) is 5.82 Å². The molecule has 7 nitrogen and oxygen atoms in total. The number of primary amides is 1. The van der Waals surface area contributed by atoms with Crippen LogP contribution in [0, 0.1) is 0 Å². The molecule has 0 saturated carbocycles. The number of nitrogen functional groups attached to an aromatic ring is 2. The van der Waals surface area contributed by atoms with Crippen molar-refractivity contribution in [3.05, 3.63) is 36.0 Å². The summed E-state index contributed by atoms with van der Waals surface area (Å²) in [6, 6.07) is 6.43. The molecular formula is C12H11N5O2. The average Bonchev–Trinajstić information content (AvgIpc) is 2.38. The van der Waals surface area contributed by atoms with Gasteiger partial charge in [-0.05, 0) is 5.56 Å². The molecule has 2 rings (SSSR count). The van der Waals surface area contributed by atoms with Crippen molar-refractivity contribution in [1.29, 1.82) is 0 Å². The zero-order chi connectivity index (χ0) is 14.0. The lowest BCUT2D eigenvalue weighted by Gasteiger charge is -2.09. The molecule has 0 aliphatic carbocycles. The van der Waals surface area contributed by atoms with E-state index in [-0.39, 0.29) is 17.3 Å². The first-order valence-electron chi connectivity index (χ1n) is 5.32. The number of hydrogen-bond acceptors (Lipinski definition) is 6. The molecule has 7 heteroatoms. The summed E-state index contributed by atoms with van der Waals surface area (Å²) >= 11 is 0. The summed E-state index contributed by atoms with van der Waals surface area (Å²) in [5.74, 6) is -1.69. The van der Waals surface area contributed by atoms with Crippen molar-refractivity contribution in [1.82, 2.24) is 9.97 Å². The maximum Gasteiger partial charge on any atom is 0.289 e. The smallest absolute Gasteiger partial charge is 0.289 e. The lowest BCUT2D eigenvalue weighted by molar-refractivity contribution is -0.114. The molecule has 0 fully saturated rings. The van der Waals surface area contributed by atoms with Crippen molar-refractivity contribution in [2.24, 2.45) is 5.73 Å². The molecular weight excluding hydrogens is 246 g/mol. The number of rotatable bonds is 3. The van der Waals surface area contributed by atoms with Crippen LogP contribution in [-0.4, -0.2) is 21.7 Å². The largest absolute Gasteiger partial charge is 0.383 e. The number of Topliss-reactive ketones (excluding diaryl/α,β-unsaturated/α-hetero) is 1. The van der Waals surface area contributed by atoms with Gasteiger partial charge in [-0.2, -0.15) is 4.98 Å². The van der Waals surface area contributed by atoms with Crippen molar-refractivity contribution >= 4 is 23.5 Å². The third-order valence-electron chi connectivity index (χ3n) is 2.52. The van der Waals surface area contributed by atoms with Crippen molar-refractivity contribution in [2.75, 3.05) is 11.5 Å². The standard InChI is InChI=1S/C12H11N5O2/c13-10-8(5-16-12(15)17-10)6-3-1-2-4-7(6)9(18)11(14)19/h1-5H,(H2,14,19)(H4,13,15,16,17). The van der Waals surface area contributed by atoms with Crippen LogP contribution >= 0.6 is 0 Å². The van der Waals surface area contributed by atoms with Crippen LogP contribution in [0.5, 0.6) is 0 Å². The number of amides is 1. The van der Waals surface area contributed by atoms with Gasteiger partial charge in [0, 0.05) is 17.3 Å². The summed E-state index contributed by atoms with van der Waals surface area (Å²) in [6.07, 6.45) is 1.39. The van der Waals surface area contributed by atoms with Crippen LogP contribution in [0.4, 0.5) is 11.8 Å². The Kier molecular flexibility index (Phi) is 3.11. The third-order valence-corrected chi connectivity index (χ3v) is 2.52. The predicted octanol–water partition coefficient (Wildman–Crippen LogP) is -0.0240. The minimum atomic E-state index is -1.04. The second-order valence-corrected chi connectivity index (χ2v) is 3.77. The Bertz CT molecular complexity index is 669. The highest BCUT2D eigenvalue weighted by Crippen LogP contribution is 2.27. The number of carbonyl (C=O) groups is 2. The summed E-state index contributed by atoms with van der Waals surface area (Å²) in [5.41, 5.74) is 17.2. The van der Waals surface area contributed by atoms with Gasteiger partial charge in [0.2, 0.25) is 5.95 Å². The summed E-state index contributed by atoms with van der Waals surface area (Å²) in [5, 5.41) is 0. The van der Waals surface area contributed by atoms with Crippen LogP contribution in [-0.2, 0) is 4.79 Å². The van der Waals surface area contributed by atoms with Crippen LogP contribution in [0.2, 0.25) is 0 Å². The van der Waals surface area contributed by atoms with Crippen molar-refractivity contribution in [2.45, 2.75) is 0 Å². The minimum Gasteiger partial charge on any atom is -0.383 e. The van der Waals surface area contributed by atoms with E-state index in [1.54, 1.807) is 18.2 Å². The van der Waals surface area contributed by atoms with E-state index in [9.17, 15) is 9.59 Å². The summed E-state index contributed by atoms with van der Waals surface area (Å²) < 4.78 is 0. The van der Waals surface area contributed by atoms with Crippen molar-refractivity contribution in [3.8, 4) is 11.1 Å². The summed E-state index contributed by atoms with van der Waals surface area (Å²) in [4.78, 5) is 30.4. The van der Waals surface area contributed by atoms with Crippen molar-refractivity contribution < 1.29 is 9.59 Å². The molecule has 19 heavy (non-hydrogen) atoms. The molecule has 0 radical (unpaired) electrons. The molecule has 0 spiro atoms. The number of carbonyl (C=O) groups excluding carboxylic acids is 2. The van der Waals surface area contributed by atoms with Crippen molar-refractivity contribution in [3.63, 3.8) is 0 Å². The molecule has 0 atom stereocenters. The van der Waals surface area contributed by atoms with Crippen LogP contribution < -0.4 is 17.2 Å². The van der Waals surface area contributed by atoms with E-state index in [0.29, 0.717) is 11.1 Å². The number of aromatic nitrogens is 2. The lowest BCUT2D eigenvalue weighted by atomic mass is 9.98. The molecule has 0 aliphatic rings. The van der Waals surface area contributed by atoms with Gasteiger partial charge in [-0.25, -0.2) is 4.98 Å². The quantitative estimate of drug-likeness (QED) is 0.521. The first-order chi connectivity index (χ1) is 9.00. The van der Waals surface area contributed by atoms with E-state index in [4.69, 9.17) is 17.2 Å². The number of nitrogens with zero attached hydrogens (tertiary/aromatic N) is 2. The van der Waals surface area contributed by atoms with Crippen LogP contribution in [0.1, 0.15) is 10.4 Å². The summed E-state index contributed by atoms with van der Waals surface area (Å²) in [6.45, 7) is 0. The Hall–Kier alpha value is -2.96. The monoisotopic (exact) mass is 257 g/mol. The van der Waals surface area contributed by atoms with E-state index in [2.05, 4.69) is 9.97 Å². The fraction of sp³-hybridized carbons (Fsp3) is 0. The molecule has 0 aliphatic heterocycles. The van der Waals surface area contributed by atoms with Gasteiger partial charge in [-0.1, -0.05) is 24.3 Å². The predicted molar refractivity (Wildman–Crippen MR) is 69.8 cm³/mol. The highest BCUT2D eigenvalue weighted by Gasteiger charge is 2.18. The fourth-order valence-electron chi connectivity index (χ4n) is 1.67. The van der Waals surface area contributed by atoms with Crippen LogP contribution in [0.25, 0.3) is 11.1 Å². The molecule has 0 unspecified atom stereocenters. The maximum atomic E-state index is 11.7. The van der Waals surface area contributed by atoms with E-state index in [1.807, 2.05) is 0 Å². The molecule has 6 N–H and O–H groups in total. The number of ketones is 1. The first kappa shape index (κ1) is 12.5. The molecule has 0 saturated heterocycles. The molecule has 96 valence electrons. The normalized spacial score (nSPS) is 10.1. The Morgan fingerprint density at radius 3 is 2.37 bits per heavy atom. The maximum absolute atomic E-state index is 11.7. The number of nitrogens with two attached hydrogens (primary N) is 3. The Morgan fingerprint density at radius 2 is 1.74 bits per heavy atom. The zero-order valence-corrected chi connectivity index (χ0v) is 9.83. The van der Waals surface area contributed by atoms with Gasteiger partial charge >= 0.3 is 0 Å². The Labute approximate surface area is 108 Å². The van der Waals surface area contributed by atoms with Crippen LogP contribution in [0.3, 0.4) is 0 Å². The topological polar surface area (TPSA) is 138 Å². The Balaban J connectivity index is 2.63. The van der Waals surface area contributed by atoms with Gasteiger partial charge in [0.15, 0.2) is 0 Å². The van der Waals surface area contributed by atoms with Gasteiger partial charge in [0.05, 0.1) is 0 Å². The minimum absolute atomic E-state index is 0.0277. The molecule has 1 aromatic carbocycles. The second kappa shape index (κ2) is 4.73.